The zero-order chi connectivity index (χ0) is 16.8. The van der Waals surface area contributed by atoms with Gasteiger partial charge in [-0.25, -0.2) is 4.79 Å². The number of nitrogens with one attached hydrogen (secondary N) is 1. The van der Waals surface area contributed by atoms with Crippen LogP contribution in [-0.2, 0) is 11.2 Å². The predicted octanol–water partition coefficient (Wildman–Crippen LogP) is 2.17. The first-order valence-electron chi connectivity index (χ1n) is 6.78. The van der Waals surface area contributed by atoms with Crippen molar-refractivity contribution < 1.29 is 19.4 Å². The van der Waals surface area contributed by atoms with E-state index < -0.39 is 17.9 Å². The smallest absolute Gasteiger partial charge is 0.326 e. The molecular weight excluding hydrogens is 320 g/mol. The Labute approximate surface area is 138 Å². The van der Waals surface area contributed by atoms with Gasteiger partial charge in [-0.1, -0.05) is 23.7 Å². The Morgan fingerprint density at radius 2 is 2.13 bits per heavy atom. The topological polar surface area (TPSA) is 88.5 Å². The van der Waals surface area contributed by atoms with Crippen molar-refractivity contribution in [3.63, 3.8) is 0 Å². The molecule has 0 unspecified atom stereocenters. The Balaban J connectivity index is 2.12. The maximum absolute atomic E-state index is 12.0. The second-order valence-electron chi connectivity index (χ2n) is 4.75. The molecule has 2 aromatic rings. The van der Waals surface area contributed by atoms with Gasteiger partial charge in [-0.3, -0.25) is 9.78 Å². The predicted molar refractivity (Wildman–Crippen MR) is 84.8 cm³/mol. The summed E-state index contributed by atoms with van der Waals surface area (Å²) in [4.78, 5) is 27.3. The zero-order valence-electron chi connectivity index (χ0n) is 12.3. The first kappa shape index (κ1) is 16.8. The van der Waals surface area contributed by atoms with E-state index in [4.69, 9.17) is 16.3 Å². The van der Waals surface area contributed by atoms with Crippen LogP contribution < -0.4 is 10.1 Å². The van der Waals surface area contributed by atoms with Gasteiger partial charge in [0.25, 0.3) is 5.91 Å². The Bertz CT molecular complexity index is 706. The third-order valence-electron chi connectivity index (χ3n) is 3.16. The average Bonchev–Trinajstić information content (AvgIpc) is 2.55. The SMILES string of the molecule is COc1ccc(C[C@@H](NC(=O)c2ccccn2)C(=O)O)cc1Cl. The van der Waals surface area contributed by atoms with Crippen LogP contribution in [0, 0.1) is 0 Å². The number of ether oxygens (including phenoxy) is 1. The van der Waals surface area contributed by atoms with Gasteiger partial charge in [0.2, 0.25) is 0 Å². The number of carboxylic acid groups (broad SMARTS) is 1. The molecule has 23 heavy (non-hydrogen) atoms. The van der Waals surface area contributed by atoms with Gasteiger partial charge < -0.3 is 15.2 Å². The number of aliphatic carboxylic acids is 1. The van der Waals surface area contributed by atoms with Crippen molar-refractivity contribution in [1.82, 2.24) is 10.3 Å². The number of carbonyl (C=O) groups is 2. The molecule has 1 aromatic heterocycles. The number of carboxylic acids is 1. The lowest BCUT2D eigenvalue weighted by atomic mass is 10.1. The van der Waals surface area contributed by atoms with Gasteiger partial charge in [0.1, 0.15) is 17.5 Å². The molecule has 120 valence electrons. The van der Waals surface area contributed by atoms with Gasteiger partial charge in [0.05, 0.1) is 12.1 Å². The van der Waals surface area contributed by atoms with E-state index in [1.807, 2.05) is 0 Å². The maximum Gasteiger partial charge on any atom is 0.326 e. The van der Waals surface area contributed by atoms with E-state index in [0.717, 1.165) is 0 Å². The van der Waals surface area contributed by atoms with Crippen LogP contribution in [0.15, 0.2) is 42.6 Å². The van der Waals surface area contributed by atoms with Gasteiger partial charge >= 0.3 is 5.97 Å². The lowest BCUT2D eigenvalue weighted by Crippen LogP contribution is -2.42. The monoisotopic (exact) mass is 334 g/mol. The molecule has 0 spiro atoms. The minimum absolute atomic E-state index is 0.0949. The largest absolute Gasteiger partial charge is 0.495 e. The molecule has 0 saturated carbocycles. The van der Waals surface area contributed by atoms with E-state index in [9.17, 15) is 14.7 Å². The summed E-state index contributed by atoms with van der Waals surface area (Å²) in [5, 5.41) is 12.1. The Morgan fingerprint density at radius 1 is 1.35 bits per heavy atom. The number of halogens is 1. The van der Waals surface area contributed by atoms with Crippen LogP contribution in [0.1, 0.15) is 16.1 Å². The standard InChI is InChI=1S/C16H15ClN2O4/c1-23-14-6-5-10(8-11(14)17)9-13(16(21)22)19-15(20)12-4-2-3-7-18-12/h2-8,13H,9H2,1H3,(H,19,20)(H,21,22)/t13-/m1/s1. The lowest BCUT2D eigenvalue weighted by molar-refractivity contribution is -0.139. The first-order chi connectivity index (χ1) is 11.0. The van der Waals surface area contributed by atoms with Gasteiger partial charge in [0.15, 0.2) is 0 Å². The van der Waals surface area contributed by atoms with Crippen molar-refractivity contribution in [2.45, 2.75) is 12.5 Å². The number of carbonyl (C=O) groups excluding carboxylic acids is 1. The molecule has 2 N–H and O–H groups in total. The van der Waals surface area contributed by atoms with Crippen LogP contribution in [0.2, 0.25) is 5.02 Å². The van der Waals surface area contributed by atoms with Crippen molar-refractivity contribution in [3.05, 3.63) is 58.9 Å². The van der Waals surface area contributed by atoms with Crippen LogP contribution >= 0.6 is 11.6 Å². The highest BCUT2D eigenvalue weighted by Crippen LogP contribution is 2.25. The van der Waals surface area contributed by atoms with E-state index >= 15 is 0 Å². The number of hydrogen-bond acceptors (Lipinski definition) is 4. The molecule has 2 rings (SSSR count). The Hall–Kier alpha value is -2.60. The van der Waals surface area contributed by atoms with Crippen LogP contribution in [0.4, 0.5) is 0 Å². The molecular formula is C16H15ClN2O4. The van der Waals surface area contributed by atoms with Crippen molar-refractivity contribution >= 4 is 23.5 Å². The molecule has 0 aliphatic heterocycles. The molecule has 0 radical (unpaired) electrons. The number of amides is 1. The minimum Gasteiger partial charge on any atom is -0.495 e. The molecule has 0 fully saturated rings. The van der Waals surface area contributed by atoms with E-state index in [0.29, 0.717) is 16.3 Å². The molecule has 1 amide bonds. The molecule has 7 heteroatoms. The average molecular weight is 335 g/mol. The number of methoxy groups -OCH3 is 1. The summed E-state index contributed by atoms with van der Waals surface area (Å²) in [5.41, 5.74) is 0.830. The van der Waals surface area contributed by atoms with Gasteiger partial charge in [0, 0.05) is 12.6 Å². The third-order valence-corrected chi connectivity index (χ3v) is 3.45. The summed E-state index contributed by atoms with van der Waals surface area (Å²) in [6.45, 7) is 0. The second-order valence-corrected chi connectivity index (χ2v) is 5.16. The fourth-order valence-corrected chi connectivity index (χ4v) is 2.28. The van der Waals surface area contributed by atoms with Crippen LogP contribution in [-0.4, -0.2) is 35.1 Å². The molecule has 0 saturated heterocycles. The summed E-state index contributed by atoms with van der Waals surface area (Å²) < 4.78 is 5.05. The maximum atomic E-state index is 12.0. The molecule has 1 aromatic carbocycles. The molecule has 0 bridgehead atoms. The molecule has 0 aliphatic carbocycles. The molecule has 1 heterocycles. The van der Waals surface area contributed by atoms with Crippen molar-refractivity contribution in [2.75, 3.05) is 7.11 Å². The van der Waals surface area contributed by atoms with E-state index in [1.54, 1.807) is 30.3 Å². The fourth-order valence-electron chi connectivity index (χ4n) is 2.00. The van der Waals surface area contributed by atoms with Crippen LogP contribution in [0.5, 0.6) is 5.75 Å². The zero-order valence-corrected chi connectivity index (χ0v) is 13.1. The van der Waals surface area contributed by atoms with Gasteiger partial charge in [-0.2, -0.15) is 0 Å². The second kappa shape index (κ2) is 7.60. The minimum atomic E-state index is -1.14. The fraction of sp³-hybridized carbons (Fsp3) is 0.188. The highest BCUT2D eigenvalue weighted by Gasteiger charge is 2.22. The molecule has 0 aliphatic rings. The number of aromatic nitrogens is 1. The molecule has 1 atom stereocenters. The normalized spacial score (nSPS) is 11.6. The van der Waals surface area contributed by atoms with Crippen molar-refractivity contribution in [3.8, 4) is 5.75 Å². The third kappa shape index (κ3) is 4.43. The summed E-state index contributed by atoms with van der Waals surface area (Å²) in [6.07, 6.45) is 1.56. The molecule has 6 nitrogen and oxygen atoms in total. The van der Waals surface area contributed by atoms with Crippen molar-refractivity contribution in [2.24, 2.45) is 0 Å². The Kier molecular flexibility index (Phi) is 5.54. The number of benzene rings is 1. The summed E-state index contributed by atoms with van der Waals surface area (Å²) in [6, 6.07) is 8.71. The first-order valence-corrected chi connectivity index (χ1v) is 7.16. The number of rotatable bonds is 6. The van der Waals surface area contributed by atoms with Gasteiger partial charge in [-0.05, 0) is 29.8 Å². The van der Waals surface area contributed by atoms with E-state index in [2.05, 4.69) is 10.3 Å². The van der Waals surface area contributed by atoms with Crippen LogP contribution in [0.3, 0.4) is 0 Å². The number of hydrogen-bond donors (Lipinski definition) is 2. The number of pyridine rings is 1. The van der Waals surface area contributed by atoms with Crippen molar-refractivity contribution in [1.29, 1.82) is 0 Å². The Morgan fingerprint density at radius 3 is 2.70 bits per heavy atom. The van der Waals surface area contributed by atoms with E-state index in [1.165, 1.54) is 19.4 Å². The van der Waals surface area contributed by atoms with E-state index in [-0.39, 0.29) is 12.1 Å². The highest BCUT2D eigenvalue weighted by molar-refractivity contribution is 6.32. The number of nitrogens with zero attached hydrogens (tertiary/aromatic N) is 1. The van der Waals surface area contributed by atoms with Gasteiger partial charge in [-0.15, -0.1) is 0 Å². The van der Waals surface area contributed by atoms with Crippen LogP contribution in [0.25, 0.3) is 0 Å². The quantitative estimate of drug-likeness (QED) is 0.845. The summed E-state index contributed by atoms with van der Waals surface area (Å²) >= 11 is 6.02. The summed E-state index contributed by atoms with van der Waals surface area (Å²) in [7, 11) is 1.49. The summed E-state index contributed by atoms with van der Waals surface area (Å²) in [5.74, 6) is -1.18. The highest BCUT2D eigenvalue weighted by atomic mass is 35.5. The lowest BCUT2D eigenvalue weighted by Gasteiger charge is -2.15.